The molecule has 3 heteroatoms. The summed E-state index contributed by atoms with van der Waals surface area (Å²) in [6.45, 7) is 8.23. The Labute approximate surface area is 86.2 Å². The molecule has 3 nitrogen and oxygen atoms in total. The second kappa shape index (κ2) is 5.58. The molecule has 0 amide bonds. The summed E-state index contributed by atoms with van der Waals surface area (Å²) in [5.41, 5.74) is 0.984. The number of hydrogen-bond acceptors (Lipinski definition) is 3. The van der Waals surface area contributed by atoms with Gasteiger partial charge in [0, 0.05) is 13.1 Å². The first-order chi connectivity index (χ1) is 6.86. The van der Waals surface area contributed by atoms with Gasteiger partial charge < -0.3 is 4.90 Å². The lowest BCUT2D eigenvalue weighted by atomic mass is 10.4. The Hall–Kier alpha value is -1.12. The Morgan fingerprint density at radius 1 is 1.07 bits per heavy atom. The van der Waals surface area contributed by atoms with Crippen molar-refractivity contribution in [3.63, 3.8) is 0 Å². The second-order valence-corrected chi connectivity index (χ2v) is 3.21. The summed E-state index contributed by atoms with van der Waals surface area (Å²) < 4.78 is 0. The van der Waals surface area contributed by atoms with Crippen molar-refractivity contribution in [2.75, 3.05) is 18.0 Å². The van der Waals surface area contributed by atoms with Gasteiger partial charge in [0.2, 0.25) is 0 Å². The molecule has 78 valence electrons. The maximum atomic E-state index is 4.32. The highest BCUT2D eigenvalue weighted by Gasteiger charge is 2.12. The number of nitrogens with zero attached hydrogens (tertiary/aromatic N) is 3. The monoisotopic (exact) mass is 193 g/mol. The molecule has 1 saturated heterocycles. The Morgan fingerprint density at radius 2 is 1.71 bits per heavy atom. The first kappa shape index (κ1) is 11.0. The van der Waals surface area contributed by atoms with E-state index in [4.69, 9.17) is 0 Å². The van der Waals surface area contributed by atoms with Crippen LogP contribution in [0.5, 0.6) is 0 Å². The average Bonchev–Trinajstić information content (AvgIpc) is 2.75. The molecule has 0 saturated carbocycles. The van der Waals surface area contributed by atoms with Gasteiger partial charge in [-0.1, -0.05) is 13.8 Å². The molecule has 0 atom stereocenters. The van der Waals surface area contributed by atoms with E-state index in [1.54, 1.807) is 0 Å². The van der Waals surface area contributed by atoms with Crippen LogP contribution < -0.4 is 4.90 Å². The van der Waals surface area contributed by atoms with Gasteiger partial charge in [0.1, 0.15) is 5.82 Å². The fraction of sp³-hybridized carbons (Fsp3) is 0.636. The first-order valence-corrected chi connectivity index (χ1v) is 5.40. The van der Waals surface area contributed by atoms with E-state index < -0.39 is 0 Å². The van der Waals surface area contributed by atoms with Gasteiger partial charge in [0.25, 0.3) is 0 Å². The van der Waals surface area contributed by atoms with E-state index in [9.17, 15) is 0 Å². The highest BCUT2D eigenvalue weighted by Crippen LogP contribution is 2.15. The van der Waals surface area contributed by atoms with Crippen LogP contribution in [0.2, 0.25) is 0 Å². The summed E-state index contributed by atoms with van der Waals surface area (Å²) in [4.78, 5) is 10.8. The van der Waals surface area contributed by atoms with E-state index in [2.05, 4.69) is 14.9 Å². The van der Waals surface area contributed by atoms with Crippen molar-refractivity contribution in [2.24, 2.45) is 0 Å². The molecule has 1 aliphatic rings. The molecule has 1 aromatic rings. The zero-order valence-corrected chi connectivity index (χ0v) is 9.32. The lowest BCUT2D eigenvalue weighted by Gasteiger charge is -2.14. The van der Waals surface area contributed by atoms with Gasteiger partial charge in [-0.15, -0.1) is 0 Å². The summed E-state index contributed by atoms with van der Waals surface area (Å²) in [5.74, 6) is 1.03. The molecule has 1 fully saturated rings. The van der Waals surface area contributed by atoms with Crippen LogP contribution in [-0.4, -0.2) is 23.1 Å². The molecule has 0 bridgehead atoms. The van der Waals surface area contributed by atoms with Crippen molar-refractivity contribution in [1.82, 2.24) is 9.97 Å². The highest BCUT2D eigenvalue weighted by molar-refractivity contribution is 5.36. The van der Waals surface area contributed by atoms with Gasteiger partial charge in [-0.05, 0) is 19.8 Å². The third-order valence-corrected chi connectivity index (χ3v) is 2.20. The zero-order chi connectivity index (χ0) is 10.4. The number of aryl methyl sites for hydroxylation is 1. The van der Waals surface area contributed by atoms with E-state index in [1.165, 1.54) is 12.8 Å². The third-order valence-electron chi connectivity index (χ3n) is 2.20. The van der Waals surface area contributed by atoms with Crippen molar-refractivity contribution in [1.29, 1.82) is 0 Å². The predicted octanol–water partition coefficient (Wildman–Crippen LogP) is 2.41. The minimum atomic E-state index is 0.984. The summed E-state index contributed by atoms with van der Waals surface area (Å²) in [7, 11) is 0. The fourth-order valence-electron chi connectivity index (χ4n) is 1.50. The van der Waals surface area contributed by atoms with Crippen molar-refractivity contribution in [2.45, 2.75) is 33.6 Å². The molecule has 0 spiro atoms. The summed E-state index contributed by atoms with van der Waals surface area (Å²) in [6, 6.07) is 0. The van der Waals surface area contributed by atoms with Crippen molar-refractivity contribution < 1.29 is 0 Å². The van der Waals surface area contributed by atoms with Crippen LogP contribution in [0.25, 0.3) is 0 Å². The van der Waals surface area contributed by atoms with E-state index in [1.807, 2.05) is 33.2 Å². The Bertz CT molecular complexity index is 250. The normalized spacial score (nSPS) is 14.9. The maximum absolute atomic E-state index is 4.32. The molecular formula is C11H19N3. The molecule has 0 radical (unpaired) electrons. The van der Waals surface area contributed by atoms with Gasteiger partial charge >= 0.3 is 0 Å². The standard InChI is InChI=1S/C9H13N3.C2H6/c1-8-6-11-9(7-10-8)12-4-2-3-5-12;1-2/h6-7H,2-5H2,1H3;1-2H3. The van der Waals surface area contributed by atoms with Gasteiger partial charge in [0.05, 0.1) is 18.1 Å². The highest BCUT2D eigenvalue weighted by atomic mass is 15.2. The van der Waals surface area contributed by atoms with E-state index in [0.717, 1.165) is 24.6 Å². The van der Waals surface area contributed by atoms with Gasteiger partial charge in [0.15, 0.2) is 0 Å². The van der Waals surface area contributed by atoms with Crippen molar-refractivity contribution in [3.05, 3.63) is 18.1 Å². The summed E-state index contributed by atoms with van der Waals surface area (Å²) >= 11 is 0. The second-order valence-electron chi connectivity index (χ2n) is 3.21. The van der Waals surface area contributed by atoms with Crippen LogP contribution in [0.15, 0.2) is 12.4 Å². The molecule has 1 aliphatic heterocycles. The SMILES string of the molecule is CC.Cc1cnc(N2CCCC2)cn1. The van der Waals surface area contributed by atoms with Crippen molar-refractivity contribution in [3.8, 4) is 0 Å². The van der Waals surface area contributed by atoms with E-state index >= 15 is 0 Å². The molecule has 2 heterocycles. The van der Waals surface area contributed by atoms with E-state index in [-0.39, 0.29) is 0 Å². The average molecular weight is 193 g/mol. The van der Waals surface area contributed by atoms with Crippen molar-refractivity contribution >= 4 is 5.82 Å². The lowest BCUT2D eigenvalue weighted by Crippen LogP contribution is -2.19. The Morgan fingerprint density at radius 3 is 2.21 bits per heavy atom. The summed E-state index contributed by atoms with van der Waals surface area (Å²) in [5, 5.41) is 0. The molecule has 0 aliphatic carbocycles. The quantitative estimate of drug-likeness (QED) is 0.686. The maximum Gasteiger partial charge on any atom is 0.147 e. The molecular weight excluding hydrogens is 174 g/mol. The Balaban J connectivity index is 0.000000461. The van der Waals surface area contributed by atoms with Crippen LogP contribution in [0.1, 0.15) is 32.4 Å². The number of rotatable bonds is 1. The van der Waals surface area contributed by atoms with Crippen LogP contribution in [-0.2, 0) is 0 Å². The topological polar surface area (TPSA) is 29.0 Å². The zero-order valence-electron chi connectivity index (χ0n) is 9.32. The molecule has 0 N–H and O–H groups in total. The minimum absolute atomic E-state index is 0.984. The molecule has 1 aromatic heterocycles. The van der Waals surface area contributed by atoms with Crippen LogP contribution in [0.3, 0.4) is 0 Å². The van der Waals surface area contributed by atoms with Crippen LogP contribution in [0, 0.1) is 6.92 Å². The van der Waals surface area contributed by atoms with Gasteiger partial charge in [-0.2, -0.15) is 0 Å². The fourth-order valence-corrected chi connectivity index (χ4v) is 1.50. The molecule has 0 aromatic carbocycles. The van der Waals surface area contributed by atoms with Gasteiger partial charge in [-0.25, -0.2) is 4.98 Å². The van der Waals surface area contributed by atoms with Gasteiger partial charge in [-0.3, -0.25) is 4.98 Å². The largest absolute Gasteiger partial charge is 0.355 e. The third kappa shape index (κ3) is 2.69. The first-order valence-electron chi connectivity index (χ1n) is 5.40. The molecule has 2 rings (SSSR count). The smallest absolute Gasteiger partial charge is 0.147 e. The molecule has 0 unspecified atom stereocenters. The number of hydrogen-bond donors (Lipinski definition) is 0. The number of aromatic nitrogens is 2. The lowest BCUT2D eigenvalue weighted by molar-refractivity contribution is 0.920. The molecule has 14 heavy (non-hydrogen) atoms. The van der Waals surface area contributed by atoms with E-state index in [0.29, 0.717) is 0 Å². The minimum Gasteiger partial charge on any atom is -0.355 e. The summed E-state index contributed by atoms with van der Waals surface area (Å²) in [6.07, 6.45) is 6.26. The van der Waals surface area contributed by atoms with Crippen LogP contribution in [0.4, 0.5) is 5.82 Å². The number of anilines is 1. The Kier molecular flexibility index (Phi) is 4.36. The van der Waals surface area contributed by atoms with Crippen LogP contribution >= 0.6 is 0 Å². The predicted molar refractivity (Wildman–Crippen MR) is 59.6 cm³/mol.